The number of benzene rings is 1. The molecule has 1 aliphatic rings. The molecule has 1 aliphatic heterocycles. The van der Waals surface area contributed by atoms with Crippen molar-refractivity contribution in [3.8, 4) is 0 Å². The van der Waals surface area contributed by atoms with Gasteiger partial charge in [-0.2, -0.15) is 0 Å². The van der Waals surface area contributed by atoms with Gasteiger partial charge in [-0.05, 0) is 37.4 Å². The summed E-state index contributed by atoms with van der Waals surface area (Å²) in [7, 11) is 0. The van der Waals surface area contributed by atoms with Crippen LogP contribution in [0.3, 0.4) is 0 Å². The van der Waals surface area contributed by atoms with Gasteiger partial charge in [-0.25, -0.2) is 0 Å². The summed E-state index contributed by atoms with van der Waals surface area (Å²) in [6, 6.07) is 10.9. The molecule has 2 rings (SSSR count). The van der Waals surface area contributed by atoms with E-state index < -0.39 is 0 Å². The zero-order valence-electron chi connectivity index (χ0n) is 11.3. The van der Waals surface area contributed by atoms with Crippen molar-refractivity contribution in [2.45, 2.75) is 46.5 Å². The van der Waals surface area contributed by atoms with Crippen LogP contribution in [0.1, 0.15) is 52.0 Å². The van der Waals surface area contributed by atoms with E-state index in [1.165, 1.54) is 31.5 Å². The predicted molar refractivity (Wildman–Crippen MR) is 74.0 cm³/mol. The monoisotopic (exact) mass is 221 g/mol. The first-order valence-electron chi connectivity index (χ1n) is 6.72. The molecular weight excluding hydrogens is 194 g/mol. The van der Waals surface area contributed by atoms with Crippen molar-refractivity contribution in [3.05, 3.63) is 35.9 Å². The number of nitrogens with one attached hydrogen (secondary N) is 1. The van der Waals surface area contributed by atoms with Gasteiger partial charge >= 0.3 is 0 Å². The van der Waals surface area contributed by atoms with E-state index in [2.05, 4.69) is 35.6 Å². The SMILES string of the molecule is CC.CC.c1ccc(C2CCNCC2)cc1. The lowest BCUT2D eigenvalue weighted by molar-refractivity contribution is 0.460. The highest BCUT2D eigenvalue weighted by atomic mass is 14.9. The van der Waals surface area contributed by atoms with Crippen LogP contribution in [-0.4, -0.2) is 13.1 Å². The molecule has 0 saturated carbocycles. The fraction of sp³-hybridized carbons (Fsp3) is 0.600. The molecule has 1 heterocycles. The summed E-state index contributed by atoms with van der Waals surface area (Å²) in [5.74, 6) is 0.799. The second-order valence-electron chi connectivity index (χ2n) is 3.43. The largest absolute Gasteiger partial charge is 0.317 e. The van der Waals surface area contributed by atoms with Crippen molar-refractivity contribution in [2.24, 2.45) is 0 Å². The molecule has 1 saturated heterocycles. The normalized spacial score (nSPS) is 15.2. The molecule has 1 nitrogen and oxygen atoms in total. The molecule has 1 N–H and O–H groups in total. The fourth-order valence-corrected chi connectivity index (χ4v) is 1.88. The third-order valence-corrected chi connectivity index (χ3v) is 2.61. The van der Waals surface area contributed by atoms with Crippen LogP contribution in [0.25, 0.3) is 0 Å². The minimum absolute atomic E-state index is 0.799. The van der Waals surface area contributed by atoms with Crippen molar-refractivity contribution in [1.29, 1.82) is 0 Å². The predicted octanol–water partition coefficient (Wildman–Crippen LogP) is 4.21. The molecule has 1 fully saturated rings. The minimum atomic E-state index is 0.799. The lowest BCUT2D eigenvalue weighted by atomic mass is 9.90. The summed E-state index contributed by atoms with van der Waals surface area (Å²) < 4.78 is 0. The molecule has 0 spiro atoms. The van der Waals surface area contributed by atoms with Gasteiger partial charge in [-0.15, -0.1) is 0 Å². The molecule has 1 aromatic carbocycles. The Hall–Kier alpha value is -0.820. The molecule has 0 aromatic heterocycles. The van der Waals surface area contributed by atoms with Gasteiger partial charge in [0, 0.05) is 0 Å². The Morgan fingerprint density at radius 1 is 0.875 bits per heavy atom. The van der Waals surface area contributed by atoms with Crippen LogP contribution in [0, 0.1) is 0 Å². The maximum atomic E-state index is 3.38. The molecule has 0 aliphatic carbocycles. The van der Waals surface area contributed by atoms with Gasteiger partial charge in [0.15, 0.2) is 0 Å². The second kappa shape index (κ2) is 10.7. The number of hydrogen-bond acceptors (Lipinski definition) is 1. The van der Waals surface area contributed by atoms with Crippen LogP contribution in [-0.2, 0) is 0 Å². The van der Waals surface area contributed by atoms with Crippen molar-refractivity contribution in [3.63, 3.8) is 0 Å². The van der Waals surface area contributed by atoms with E-state index >= 15 is 0 Å². The summed E-state index contributed by atoms with van der Waals surface area (Å²) >= 11 is 0. The minimum Gasteiger partial charge on any atom is -0.317 e. The lowest BCUT2D eigenvalue weighted by Crippen LogP contribution is -2.26. The highest BCUT2D eigenvalue weighted by molar-refractivity contribution is 5.19. The van der Waals surface area contributed by atoms with Crippen LogP contribution in [0.5, 0.6) is 0 Å². The van der Waals surface area contributed by atoms with Gasteiger partial charge in [0.2, 0.25) is 0 Å². The number of piperidine rings is 1. The van der Waals surface area contributed by atoms with Crippen LogP contribution in [0.15, 0.2) is 30.3 Å². The van der Waals surface area contributed by atoms with E-state index in [9.17, 15) is 0 Å². The number of rotatable bonds is 1. The lowest BCUT2D eigenvalue weighted by Gasteiger charge is -2.22. The Kier molecular flexibility index (Phi) is 10.1. The van der Waals surface area contributed by atoms with E-state index in [-0.39, 0.29) is 0 Å². The quantitative estimate of drug-likeness (QED) is 0.749. The standard InChI is InChI=1S/C11H15N.2C2H6/c1-2-4-10(5-3-1)11-6-8-12-9-7-11;2*1-2/h1-5,11-12H,6-9H2;2*1-2H3. The Morgan fingerprint density at radius 3 is 1.88 bits per heavy atom. The Morgan fingerprint density at radius 2 is 1.38 bits per heavy atom. The summed E-state index contributed by atoms with van der Waals surface area (Å²) in [4.78, 5) is 0. The third kappa shape index (κ3) is 5.32. The van der Waals surface area contributed by atoms with E-state index in [0.29, 0.717) is 0 Å². The second-order valence-corrected chi connectivity index (χ2v) is 3.43. The van der Waals surface area contributed by atoms with Crippen molar-refractivity contribution in [1.82, 2.24) is 5.32 Å². The van der Waals surface area contributed by atoms with E-state index in [1.54, 1.807) is 0 Å². The zero-order chi connectivity index (χ0) is 12.2. The maximum absolute atomic E-state index is 3.38. The molecule has 16 heavy (non-hydrogen) atoms. The van der Waals surface area contributed by atoms with Gasteiger partial charge < -0.3 is 5.32 Å². The fourth-order valence-electron chi connectivity index (χ4n) is 1.88. The molecule has 0 unspecified atom stereocenters. The Bertz CT molecular complexity index is 224. The maximum Gasteiger partial charge on any atom is -0.00431 e. The van der Waals surface area contributed by atoms with Gasteiger partial charge in [0.1, 0.15) is 0 Å². The highest BCUT2D eigenvalue weighted by Gasteiger charge is 2.13. The van der Waals surface area contributed by atoms with Gasteiger partial charge in [0.25, 0.3) is 0 Å². The van der Waals surface area contributed by atoms with Crippen LogP contribution in [0.4, 0.5) is 0 Å². The van der Waals surface area contributed by atoms with E-state index in [0.717, 1.165) is 5.92 Å². The molecule has 92 valence electrons. The summed E-state index contributed by atoms with van der Waals surface area (Å²) in [5, 5.41) is 3.38. The average Bonchev–Trinajstić information content (AvgIpc) is 2.45. The molecular formula is C15H27N. The molecule has 1 heteroatoms. The van der Waals surface area contributed by atoms with Gasteiger partial charge in [0.05, 0.1) is 0 Å². The first-order chi connectivity index (χ1) is 7.97. The van der Waals surface area contributed by atoms with Gasteiger partial charge in [-0.3, -0.25) is 0 Å². The number of hydrogen-bond donors (Lipinski definition) is 1. The Labute approximate surface area is 101 Å². The topological polar surface area (TPSA) is 12.0 Å². The van der Waals surface area contributed by atoms with Crippen LogP contribution < -0.4 is 5.32 Å². The first kappa shape index (κ1) is 15.2. The van der Waals surface area contributed by atoms with E-state index in [1.807, 2.05) is 27.7 Å². The van der Waals surface area contributed by atoms with Crippen molar-refractivity contribution < 1.29 is 0 Å². The van der Waals surface area contributed by atoms with Crippen LogP contribution in [0.2, 0.25) is 0 Å². The van der Waals surface area contributed by atoms with Crippen LogP contribution >= 0.6 is 0 Å². The molecule has 0 atom stereocenters. The highest BCUT2D eigenvalue weighted by Crippen LogP contribution is 2.24. The smallest absolute Gasteiger partial charge is 0.00431 e. The van der Waals surface area contributed by atoms with Gasteiger partial charge in [-0.1, -0.05) is 58.0 Å². The molecule has 0 bridgehead atoms. The third-order valence-electron chi connectivity index (χ3n) is 2.61. The first-order valence-corrected chi connectivity index (χ1v) is 6.72. The summed E-state index contributed by atoms with van der Waals surface area (Å²) in [6.07, 6.45) is 2.59. The average molecular weight is 221 g/mol. The van der Waals surface area contributed by atoms with Crippen molar-refractivity contribution >= 4 is 0 Å². The molecule has 1 aromatic rings. The molecule has 0 amide bonds. The van der Waals surface area contributed by atoms with Crippen molar-refractivity contribution in [2.75, 3.05) is 13.1 Å². The van der Waals surface area contributed by atoms with E-state index in [4.69, 9.17) is 0 Å². The molecule has 0 radical (unpaired) electrons. The summed E-state index contributed by atoms with van der Waals surface area (Å²) in [6.45, 7) is 10.4. The Balaban J connectivity index is 0.000000509. The summed E-state index contributed by atoms with van der Waals surface area (Å²) in [5.41, 5.74) is 1.51. The zero-order valence-corrected chi connectivity index (χ0v) is 11.3.